The van der Waals surface area contributed by atoms with Crippen molar-refractivity contribution < 1.29 is 23.5 Å². The lowest BCUT2D eigenvalue weighted by Gasteiger charge is -2.36. The molecule has 2 aromatic rings. The Balaban J connectivity index is 1.81. The number of primary amides is 1. The van der Waals surface area contributed by atoms with Crippen molar-refractivity contribution >= 4 is 12.0 Å². The molecule has 25 heavy (non-hydrogen) atoms. The fourth-order valence-corrected chi connectivity index (χ4v) is 2.79. The van der Waals surface area contributed by atoms with E-state index in [0.29, 0.717) is 5.75 Å². The average molecular weight is 344 g/mol. The van der Waals surface area contributed by atoms with E-state index in [2.05, 4.69) is 5.32 Å². The Morgan fingerprint density at radius 2 is 2.00 bits per heavy atom. The molecular weight excluding hydrogens is 327 g/mol. The zero-order chi connectivity index (χ0) is 17.9. The number of hydrogen-bond acceptors (Lipinski definition) is 4. The molecule has 7 heteroatoms. The van der Waals surface area contributed by atoms with E-state index in [4.69, 9.17) is 15.2 Å². The van der Waals surface area contributed by atoms with Crippen molar-refractivity contribution in [2.45, 2.75) is 18.6 Å². The van der Waals surface area contributed by atoms with Crippen LogP contribution in [0.15, 0.2) is 48.5 Å². The number of nitrogens with one attached hydrogen (secondary N) is 1. The maximum atomic E-state index is 13.7. The molecule has 1 heterocycles. The summed E-state index contributed by atoms with van der Waals surface area (Å²) in [5.74, 6) is -1.07. The molecule has 6 nitrogen and oxygen atoms in total. The van der Waals surface area contributed by atoms with E-state index in [1.165, 1.54) is 12.1 Å². The number of nitrogens with two attached hydrogens (primary N) is 1. The van der Waals surface area contributed by atoms with Gasteiger partial charge in [-0.15, -0.1) is 0 Å². The van der Waals surface area contributed by atoms with Crippen molar-refractivity contribution in [2.75, 3.05) is 6.61 Å². The molecule has 0 aromatic heterocycles. The van der Waals surface area contributed by atoms with Crippen molar-refractivity contribution in [1.29, 1.82) is 0 Å². The van der Waals surface area contributed by atoms with Crippen LogP contribution in [0.5, 0.6) is 5.75 Å². The fraction of sp³-hybridized carbons (Fsp3) is 0.222. The van der Waals surface area contributed by atoms with Gasteiger partial charge in [0.05, 0.1) is 6.61 Å². The third-order valence-electron chi connectivity index (χ3n) is 4.08. The molecule has 0 spiro atoms. The molecule has 0 bridgehead atoms. The van der Waals surface area contributed by atoms with Crippen molar-refractivity contribution in [3.05, 3.63) is 65.5 Å². The number of amides is 2. The normalized spacial score (nSPS) is 18.6. The molecule has 0 aliphatic carbocycles. The van der Waals surface area contributed by atoms with Crippen LogP contribution < -0.4 is 15.8 Å². The predicted molar refractivity (Wildman–Crippen MR) is 87.1 cm³/mol. The maximum absolute atomic E-state index is 13.7. The number of carbonyl (C=O) groups is 2. The van der Waals surface area contributed by atoms with Crippen LogP contribution in [-0.2, 0) is 21.7 Å². The zero-order valence-electron chi connectivity index (χ0n) is 13.3. The van der Waals surface area contributed by atoms with E-state index in [9.17, 15) is 14.0 Å². The minimum Gasteiger partial charge on any atom is -0.493 e. The number of carbonyl (C=O) groups excluding carboxylic acids is 2. The van der Waals surface area contributed by atoms with Gasteiger partial charge in [-0.1, -0.05) is 30.3 Å². The summed E-state index contributed by atoms with van der Waals surface area (Å²) in [6.07, 6.45) is -0.737. The summed E-state index contributed by atoms with van der Waals surface area (Å²) >= 11 is 0. The number of ether oxygens (including phenoxy) is 2. The monoisotopic (exact) mass is 344 g/mol. The van der Waals surface area contributed by atoms with Crippen LogP contribution in [0.25, 0.3) is 0 Å². The molecule has 130 valence electrons. The van der Waals surface area contributed by atoms with E-state index >= 15 is 0 Å². The molecule has 1 aliphatic heterocycles. The van der Waals surface area contributed by atoms with E-state index in [1.807, 2.05) is 18.2 Å². The lowest BCUT2D eigenvalue weighted by Crippen LogP contribution is -2.57. The molecule has 0 fully saturated rings. The summed E-state index contributed by atoms with van der Waals surface area (Å²) in [4.78, 5) is 24.3. The van der Waals surface area contributed by atoms with Gasteiger partial charge in [-0.25, -0.2) is 9.18 Å². The SMILES string of the molecule is NC(=O)[C@]1(NC(=O)OCc2ccccc2)CCOc2ccc(F)cc21. The molecule has 1 atom stereocenters. The Morgan fingerprint density at radius 3 is 2.72 bits per heavy atom. The molecule has 0 unspecified atom stereocenters. The quantitative estimate of drug-likeness (QED) is 0.890. The summed E-state index contributed by atoms with van der Waals surface area (Å²) in [5, 5.41) is 2.50. The Bertz CT molecular complexity index is 797. The van der Waals surface area contributed by atoms with Gasteiger partial charge in [-0.3, -0.25) is 4.79 Å². The second-order valence-corrected chi connectivity index (χ2v) is 5.70. The number of rotatable bonds is 4. The van der Waals surface area contributed by atoms with Gasteiger partial charge in [0.15, 0.2) is 5.54 Å². The Kier molecular flexibility index (Phi) is 4.56. The number of halogens is 1. The molecule has 1 aliphatic rings. The molecule has 0 saturated heterocycles. The van der Waals surface area contributed by atoms with Gasteiger partial charge in [0.1, 0.15) is 18.2 Å². The Morgan fingerprint density at radius 1 is 1.24 bits per heavy atom. The summed E-state index contributed by atoms with van der Waals surface area (Å²) in [7, 11) is 0. The highest BCUT2D eigenvalue weighted by Gasteiger charge is 2.45. The van der Waals surface area contributed by atoms with Crippen molar-refractivity contribution in [2.24, 2.45) is 5.73 Å². The molecule has 0 saturated carbocycles. The summed E-state index contributed by atoms with van der Waals surface area (Å²) < 4.78 is 24.2. The standard InChI is InChI=1S/C18H17FN2O4/c19-13-6-7-15-14(10-13)18(16(20)22,8-9-24-15)21-17(23)25-11-12-4-2-1-3-5-12/h1-7,10H,8-9,11H2,(H2,20,22)(H,21,23)/t18-/m0/s1. The van der Waals surface area contributed by atoms with Gasteiger partial charge in [-0.05, 0) is 23.8 Å². The third-order valence-corrected chi connectivity index (χ3v) is 4.08. The van der Waals surface area contributed by atoms with Gasteiger partial charge in [0.25, 0.3) is 0 Å². The average Bonchev–Trinajstić information content (AvgIpc) is 2.61. The molecule has 3 rings (SSSR count). The number of alkyl carbamates (subject to hydrolysis) is 1. The highest BCUT2D eigenvalue weighted by atomic mass is 19.1. The highest BCUT2D eigenvalue weighted by molar-refractivity contribution is 5.91. The van der Waals surface area contributed by atoms with Crippen LogP contribution in [-0.4, -0.2) is 18.6 Å². The summed E-state index contributed by atoms with van der Waals surface area (Å²) in [6.45, 7) is 0.189. The second-order valence-electron chi connectivity index (χ2n) is 5.70. The number of fused-ring (bicyclic) bond motifs is 1. The van der Waals surface area contributed by atoms with Crippen molar-refractivity contribution in [1.82, 2.24) is 5.32 Å². The Labute approximate surface area is 143 Å². The lowest BCUT2D eigenvalue weighted by molar-refractivity contribution is -0.125. The van der Waals surface area contributed by atoms with Gasteiger partial charge in [0, 0.05) is 12.0 Å². The first kappa shape index (κ1) is 16.8. The second kappa shape index (κ2) is 6.80. The van der Waals surface area contributed by atoms with Crippen LogP contribution in [0.2, 0.25) is 0 Å². The molecule has 3 N–H and O–H groups in total. The molecule has 2 aromatic carbocycles. The van der Waals surface area contributed by atoms with E-state index in [0.717, 1.165) is 11.6 Å². The largest absolute Gasteiger partial charge is 0.493 e. The van der Waals surface area contributed by atoms with E-state index in [1.54, 1.807) is 12.1 Å². The first-order chi connectivity index (χ1) is 12.0. The lowest BCUT2D eigenvalue weighted by atomic mass is 9.83. The maximum Gasteiger partial charge on any atom is 0.408 e. The summed E-state index contributed by atoms with van der Waals surface area (Å²) in [5.41, 5.74) is 4.93. The van der Waals surface area contributed by atoms with Gasteiger partial charge in [-0.2, -0.15) is 0 Å². The van der Waals surface area contributed by atoms with Crippen molar-refractivity contribution in [3.8, 4) is 5.75 Å². The molecular formula is C18H17FN2O4. The predicted octanol–water partition coefficient (Wildman–Crippen LogP) is 2.22. The minimum atomic E-state index is -1.58. The van der Waals surface area contributed by atoms with E-state index < -0.39 is 23.4 Å². The number of hydrogen-bond donors (Lipinski definition) is 2. The van der Waals surface area contributed by atoms with Crippen LogP contribution in [0.3, 0.4) is 0 Å². The Hall–Kier alpha value is -3.09. The smallest absolute Gasteiger partial charge is 0.408 e. The van der Waals surface area contributed by atoms with Gasteiger partial charge in [0.2, 0.25) is 5.91 Å². The van der Waals surface area contributed by atoms with Crippen LogP contribution in [0.1, 0.15) is 17.5 Å². The first-order valence-electron chi connectivity index (χ1n) is 7.73. The van der Waals surface area contributed by atoms with Gasteiger partial charge >= 0.3 is 6.09 Å². The van der Waals surface area contributed by atoms with Crippen LogP contribution >= 0.6 is 0 Å². The van der Waals surface area contributed by atoms with Crippen molar-refractivity contribution in [3.63, 3.8) is 0 Å². The highest BCUT2D eigenvalue weighted by Crippen LogP contribution is 2.37. The molecule has 2 amide bonds. The van der Waals surface area contributed by atoms with Crippen LogP contribution in [0, 0.1) is 5.82 Å². The first-order valence-corrected chi connectivity index (χ1v) is 7.73. The topological polar surface area (TPSA) is 90.7 Å². The van der Waals surface area contributed by atoms with Gasteiger partial charge < -0.3 is 20.5 Å². The van der Waals surface area contributed by atoms with Crippen LogP contribution in [0.4, 0.5) is 9.18 Å². The fourth-order valence-electron chi connectivity index (χ4n) is 2.79. The minimum absolute atomic E-state index is 0.0357. The third kappa shape index (κ3) is 3.40. The zero-order valence-corrected chi connectivity index (χ0v) is 13.3. The number of benzene rings is 2. The molecule has 0 radical (unpaired) electrons. The summed E-state index contributed by atoms with van der Waals surface area (Å²) in [6, 6.07) is 12.8. The van der Waals surface area contributed by atoms with E-state index in [-0.39, 0.29) is 25.2 Å².